The second-order valence-electron chi connectivity index (χ2n) is 5.57. The standard InChI is InChI=1S/C18H18FN5O/c1-2-16(13-6-4-3-5-7-13)18(25)20-12-17-21-22-23-24(17)15-10-8-14(19)9-11-15/h3-11,16H,2,12H2,1H3,(H,20,25). The van der Waals surface area contributed by atoms with Crippen LogP contribution in [0, 0.1) is 5.82 Å². The molecule has 1 atom stereocenters. The number of nitrogens with one attached hydrogen (secondary N) is 1. The molecule has 0 spiro atoms. The summed E-state index contributed by atoms with van der Waals surface area (Å²) in [5.74, 6) is -0.165. The Labute approximate surface area is 144 Å². The first-order chi connectivity index (χ1) is 12.2. The fourth-order valence-electron chi connectivity index (χ4n) is 2.65. The van der Waals surface area contributed by atoms with E-state index in [1.54, 1.807) is 12.1 Å². The van der Waals surface area contributed by atoms with Gasteiger partial charge in [0.15, 0.2) is 5.82 Å². The highest BCUT2D eigenvalue weighted by Gasteiger charge is 2.19. The molecule has 6 nitrogen and oxygen atoms in total. The maximum atomic E-state index is 13.1. The molecule has 0 fully saturated rings. The molecule has 128 valence electrons. The zero-order chi connectivity index (χ0) is 17.6. The van der Waals surface area contributed by atoms with E-state index >= 15 is 0 Å². The van der Waals surface area contributed by atoms with Gasteiger partial charge in [-0.05, 0) is 46.7 Å². The number of benzene rings is 2. The molecule has 3 rings (SSSR count). The van der Waals surface area contributed by atoms with Crippen LogP contribution in [0.5, 0.6) is 0 Å². The molecule has 0 saturated carbocycles. The van der Waals surface area contributed by atoms with Crippen LogP contribution in [-0.4, -0.2) is 26.1 Å². The molecule has 2 aromatic carbocycles. The quantitative estimate of drug-likeness (QED) is 0.749. The molecule has 0 aliphatic heterocycles. The summed E-state index contributed by atoms with van der Waals surface area (Å²) in [6, 6.07) is 15.5. The van der Waals surface area contributed by atoms with Gasteiger partial charge in [0, 0.05) is 0 Å². The molecule has 1 N–H and O–H groups in total. The average Bonchev–Trinajstić information content (AvgIpc) is 3.11. The van der Waals surface area contributed by atoms with Crippen molar-refractivity contribution in [1.82, 2.24) is 25.5 Å². The topological polar surface area (TPSA) is 72.7 Å². The summed E-state index contributed by atoms with van der Waals surface area (Å²) in [6.45, 7) is 2.16. The van der Waals surface area contributed by atoms with Crippen molar-refractivity contribution in [3.63, 3.8) is 0 Å². The number of rotatable bonds is 6. The zero-order valence-electron chi connectivity index (χ0n) is 13.8. The Morgan fingerprint density at radius 3 is 2.56 bits per heavy atom. The van der Waals surface area contributed by atoms with Gasteiger partial charge in [-0.25, -0.2) is 4.39 Å². The molecule has 0 aliphatic carbocycles. The number of amides is 1. The molecule has 0 radical (unpaired) electrons. The van der Waals surface area contributed by atoms with Gasteiger partial charge in [0.2, 0.25) is 5.91 Å². The Morgan fingerprint density at radius 2 is 1.88 bits per heavy atom. The van der Waals surface area contributed by atoms with Crippen molar-refractivity contribution >= 4 is 5.91 Å². The lowest BCUT2D eigenvalue weighted by Gasteiger charge is -2.15. The lowest BCUT2D eigenvalue weighted by Crippen LogP contribution is -2.29. The third-order valence-electron chi connectivity index (χ3n) is 3.95. The second kappa shape index (κ2) is 7.65. The molecule has 1 amide bonds. The number of hydrogen-bond acceptors (Lipinski definition) is 4. The Morgan fingerprint density at radius 1 is 1.16 bits per heavy atom. The third kappa shape index (κ3) is 3.88. The molecule has 0 bridgehead atoms. The van der Waals surface area contributed by atoms with Crippen LogP contribution in [0.3, 0.4) is 0 Å². The smallest absolute Gasteiger partial charge is 0.227 e. The predicted molar refractivity (Wildman–Crippen MR) is 90.4 cm³/mol. The summed E-state index contributed by atoms with van der Waals surface area (Å²) in [4.78, 5) is 12.5. The van der Waals surface area contributed by atoms with E-state index in [4.69, 9.17) is 0 Å². The minimum atomic E-state index is -0.333. The molecule has 0 aliphatic rings. The molecule has 0 saturated heterocycles. The number of nitrogens with zero attached hydrogens (tertiary/aromatic N) is 4. The first kappa shape index (κ1) is 16.8. The van der Waals surface area contributed by atoms with Crippen molar-refractivity contribution in [2.45, 2.75) is 25.8 Å². The maximum absolute atomic E-state index is 13.1. The highest BCUT2D eigenvalue weighted by molar-refractivity contribution is 5.83. The second-order valence-corrected chi connectivity index (χ2v) is 5.57. The normalized spacial score (nSPS) is 11.9. The van der Waals surface area contributed by atoms with Gasteiger partial charge in [0.1, 0.15) is 5.82 Å². The first-order valence-electron chi connectivity index (χ1n) is 8.05. The van der Waals surface area contributed by atoms with E-state index in [0.29, 0.717) is 17.9 Å². The Kier molecular flexibility index (Phi) is 5.13. The summed E-state index contributed by atoms with van der Waals surface area (Å²) in [5, 5.41) is 14.4. The van der Waals surface area contributed by atoms with Crippen molar-refractivity contribution in [3.8, 4) is 5.69 Å². The van der Waals surface area contributed by atoms with Crippen LogP contribution in [0.1, 0.15) is 30.7 Å². The van der Waals surface area contributed by atoms with Crippen molar-refractivity contribution in [2.75, 3.05) is 0 Å². The van der Waals surface area contributed by atoms with Gasteiger partial charge in [0.05, 0.1) is 18.2 Å². The van der Waals surface area contributed by atoms with E-state index in [1.807, 2.05) is 37.3 Å². The van der Waals surface area contributed by atoms with E-state index in [2.05, 4.69) is 20.8 Å². The fraction of sp³-hybridized carbons (Fsp3) is 0.222. The van der Waals surface area contributed by atoms with E-state index in [0.717, 1.165) is 5.56 Å². The molecule has 3 aromatic rings. The monoisotopic (exact) mass is 339 g/mol. The Balaban J connectivity index is 1.71. The molecule has 7 heteroatoms. The van der Waals surface area contributed by atoms with Crippen LogP contribution in [-0.2, 0) is 11.3 Å². The number of carbonyl (C=O) groups is 1. The van der Waals surface area contributed by atoms with Gasteiger partial charge in [-0.1, -0.05) is 37.3 Å². The summed E-state index contributed by atoms with van der Waals surface area (Å²) in [5.41, 5.74) is 1.60. The van der Waals surface area contributed by atoms with Crippen LogP contribution in [0.25, 0.3) is 5.69 Å². The summed E-state index contributed by atoms with van der Waals surface area (Å²) < 4.78 is 14.5. The van der Waals surface area contributed by atoms with Crippen LogP contribution in [0.15, 0.2) is 54.6 Å². The number of hydrogen-bond donors (Lipinski definition) is 1. The summed E-state index contributed by atoms with van der Waals surface area (Å²) in [7, 11) is 0. The Bertz CT molecular complexity index is 832. The number of halogens is 1. The minimum Gasteiger partial charge on any atom is -0.348 e. The average molecular weight is 339 g/mol. The maximum Gasteiger partial charge on any atom is 0.227 e. The summed E-state index contributed by atoms with van der Waals surface area (Å²) >= 11 is 0. The number of aromatic nitrogens is 4. The number of tetrazole rings is 1. The molecular weight excluding hydrogens is 321 g/mol. The highest BCUT2D eigenvalue weighted by Crippen LogP contribution is 2.19. The van der Waals surface area contributed by atoms with E-state index in [9.17, 15) is 9.18 Å². The van der Waals surface area contributed by atoms with Crippen LogP contribution >= 0.6 is 0 Å². The van der Waals surface area contributed by atoms with Gasteiger partial charge in [-0.2, -0.15) is 4.68 Å². The summed E-state index contributed by atoms with van der Waals surface area (Å²) in [6.07, 6.45) is 0.693. The third-order valence-corrected chi connectivity index (χ3v) is 3.95. The van der Waals surface area contributed by atoms with E-state index in [-0.39, 0.29) is 24.2 Å². The van der Waals surface area contributed by atoms with Crippen molar-refractivity contribution in [2.24, 2.45) is 0 Å². The fourth-order valence-corrected chi connectivity index (χ4v) is 2.65. The van der Waals surface area contributed by atoms with Crippen LogP contribution in [0.2, 0.25) is 0 Å². The molecular formula is C18H18FN5O. The van der Waals surface area contributed by atoms with Gasteiger partial charge >= 0.3 is 0 Å². The SMILES string of the molecule is CCC(C(=O)NCc1nnnn1-c1ccc(F)cc1)c1ccccc1. The molecule has 1 aromatic heterocycles. The zero-order valence-corrected chi connectivity index (χ0v) is 13.8. The molecule has 1 unspecified atom stereocenters. The van der Waals surface area contributed by atoms with Crippen molar-refractivity contribution in [3.05, 3.63) is 71.8 Å². The van der Waals surface area contributed by atoms with Crippen molar-refractivity contribution < 1.29 is 9.18 Å². The highest BCUT2D eigenvalue weighted by atomic mass is 19.1. The number of carbonyl (C=O) groups excluding carboxylic acids is 1. The Hall–Kier alpha value is -3.09. The van der Waals surface area contributed by atoms with Gasteiger partial charge in [-0.15, -0.1) is 5.10 Å². The van der Waals surface area contributed by atoms with Crippen molar-refractivity contribution in [1.29, 1.82) is 0 Å². The molecule has 25 heavy (non-hydrogen) atoms. The molecule has 1 heterocycles. The van der Waals surface area contributed by atoms with Gasteiger partial charge in [0.25, 0.3) is 0 Å². The van der Waals surface area contributed by atoms with E-state index in [1.165, 1.54) is 16.8 Å². The van der Waals surface area contributed by atoms with Gasteiger partial charge in [-0.3, -0.25) is 4.79 Å². The minimum absolute atomic E-state index is 0.0812. The lowest BCUT2D eigenvalue weighted by atomic mass is 9.96. The van der Waals surface area contributed by atoms with Gasteiger partial charge < -0.3 is 5.32 Å². The predicted octanol–water partition coefficient (Wildman–Crippen LogP) is 2.61. The largest absolute Gasteiger partial charge is 0.348 e. The van der Waals surface area contributed by atoms with E-state index < -0.39 is 0 Å². The van der Waals surface area contributed by atoms with Crippen LogP contribution in [0.4, 0.5) is 4.39 Å². The lowest BCUT2D eigenvalue weighted by molar-refractivity contribution is -0.122. The first-order valence-corrected chi connectivity index (χ1v) is 8.05. The van der Waals surface area contributed by atoms with Crippen LogP contribution < -0.4 is 5.32 Å².